The Morgan fingerprint density at radius 1 is 1.10 bits per heavy atom. The Hall–Kier alpha value is -0.120. The SMILES string of the molecule is CCN(CC1(CNC(C)C)CCCCCC1)C(C)COC. The molecule has 1 fully saturated rings. The third-order valence-electron chi connectivity index (χ3n) is 5.03. The molecule has 3 heteroatoms. The predicted octanol–water partition coefficient (Wildman–Crippen LogP) is 3.68. The van der Waals surface area contributed by atoms with Crippen LogP contribution >= 0.6 is 0 Å². The van der Waals surface area contributed by atoms with E-state index in [2.05, 4.69) is 37.9 Å². The number of rotatable bonds is 9. The second-order valence-electron chi connectivity index (χ2n) is 7.32. The van der Waals surface area contributed by atoms with Crippen molar-refractivity contribution in [3.8, 4) is 0 Å². The van der Waals surface area contributed by atoms with Gasteiger partial charge in [-0.2, -0.15) is 0 Å². The minimum absolute atomic E-state index is 0.457. The Balaban J connectivity index is 2.73. The Morgan fingerprint density at radius 2 is 1.71 bits per heavy atom. The van der Waals surface area contributed by atoms with Gasteiger partial charge in [0.05, 0.1) is 6.61 Å². The first-order chi connectivity index (χ1) is 10.0. The molecule has 0 amide bonds. The molecular weight excluding hydrogens is 260 g/mol. The van der Waals surface area contributed by atoms with E-state index in [1.807, 2.05) is 7.11 Å². The predicted molar refractivity (Wildman–Crippen MR) is 91.9 cm³/mol. The lowest BCUT2D eigenvalue weighted by atomic mass is 9.79. The number of ether oxygens (including phenoxy) is 1. The standard InChI is InChI=1S/C18H38N2O/c1-6-20(17(4)13-21-5)15-18(14-19-16(2)3)11-9-7-8-10-12-18/h16-17,19H,6-15H2,1-5H3. The summed E-state index contributed by atoms with van der Waals surface area (Å²) >= 11 is 0. The van der Waals surface area contributed by atoms with Gasteiger partial charge in [0.15, 0.2) is 0 Å². The highest BCUT2D eigenvalue weighted by Crippen LogP contribution is 2.36. The minimum atomic E-state index is 0.457. The molecule has 0 aromatic carbocycles. The third-order valence-corrected chi connectivity index (χ3v) is 5.03. The number of nitrogens with zero attached hydrogens (tertiary/aromatic N) is 1. The molecular formula is C18H38N2O. The van der Waals surface area contributed by atoms with Crippen molar-refractivity contribution in [1.82, 2.24) is 10.2 Å². The van der Waals surface area contributed by atoms with Gasteiger partial charge in [-0.3, -0.25) is 4.90 Å². The van der Waals surface area contributed by atoms with Crippen molar-refractivity contribution in [2.45, 2.75) is 78.3 Å². The van der Waals surface area contributed by atoms with Gasteiger partial charge in [0.1, 0.15) is 0 Å². The van der Waals surface area contributed by atoms with Crippen LogP contribution in [0.25, 0.3) is 0 Å². The van der Waals surface area contributed by atoms with Crippen LogP contribution in [-0.2, 0) is 4.74 Å². The van der Waals surface area contributed by atoms with Crippen LogP contribution in [0.3, 0.4) is 0 Å². The molecule has 3 nitrogen and oxygen atoms in total. The first-order valence-corrected chi connectivity index (χ1v) is 8.99. The van der Waals surface area contributed by atoms with E-state index in [9.17, 15) is 0 Å². The van der Waals surface area contributed by atoms with Crippen molar-refractivity contribution in [3.05, 3.63) is 0 Å². The van der Waals surface area contributed by atoms with E-state index in [0.717, 1.165) is 13.2 Å². The highest BCUT2D eigenvalue weighted by Gasteiger charge is 2.33. The largest absolute Gasteiger partial charge is 0.383 e. The maximum atomic E-state index is 5.37. The summed E-state index contributed by atoms with van der Waals surface area (Å²) in [6, 6.07) is 1.09. The molecule has 1 N–H and O–H groups in total. The summed E-state index contributed by atoms with van der Waals surface area (Å²) in [6.45, 7) is 13.4. The average molecular weight is 299 g/mol. The summed E-state index contributed by atoms with van der Waals surface area (Å²) in [5, 5.41) is 3.73. The highest BCUT2D eigenvalue weighted by atomic mass is 16.5. The van der Waals surface area contributed by atoms with E-state index >= 15 is 0 Å². The zero-order chi connectivity index (χ0) is 15.7. The Labute approximate surface area is 132 Å². The maximum Gasteiger partial charge on any atom is 0.0615 e. The van der Waals surface area contributed by atoms with Gasteiger partial charge in [0, 0.05) is 32.3 Å². The van der Waals surface area contributed by atoms with Crippen LogP contribution in [0.1, 0.15) is 66.2 Å². The molecule has 0 spiro atoms. The number of hydrogen-bond donors (Lipinski definition) is 1. The van der Waals surface area contributed by atoms with Gasteiger partial charge in [0.25, 0.3) is 0 Å². The summed E-state index contributed by atoms with van der Waals surface area (Å²) < 4.78 is 5.37. The van der Waals surface area contributed by atoms with Gasteiger partial charge < -0.3 is 10.1 Å². The lowest BCUT2D eigenvalue weighted by molar-refractivity contribution is 0.0575. The van der Waals surface area contributed by atoms with Gasteiger partial charge in [-0.1, -0.05) is 46.5 Å². The molecule has 1 aliphatic rings. The van der Waals surface area contributed by atoms with Crippen molar-refractivity contribution in [2.75, 3.05) is 33.4 Å². The molecule has 1 atom stereocenters. The van der Waals surface area contributed by atoms with Crippen molar-refractivity contribution in [2.24, 2.45) is 5.41 Å². The Bertz CT molecular complexity index is 260. The molecule has 0 saturated heterocycles. The molecule has 21 heavy (non-hydrogen) atoms. The fourth-order valence-electron chi connectivity index (χ4n) is 3.65. The lowest BCUT2D eigenvalue weighted by Gasteiger charge is -2.40. The summed E-state index contributed by atoms with van der Waals surface area (Å²) in [6.07, 6.45) is 8.39. The van der Waals surface area contributed by atoms with Crippen LogP contribution in [0.15, 0.2) is 0 Å². The average Bonchev–Trinajstić information content (AvgIpc) is 2.69. The fourth-order valence-corrected chi connectivity index (χ4v) is 3.65. The van der Waals surface area contributed by atoms with E-state index in [4.69, 9.17) is 4.74 Å². The van der Waals surface area contributed by atoms with Crippen molar-refractivity contribution in [3.63, 3.8) is 0 Å². The molecule has 0 aromatic rings. The van der Waals surface area contributed by atoms with Gasteiger partial charge in [-0.15, -0.1) is 0 Å². The number of nitrogens with one attached hydrogen (secondary N) is 1. The normalized spacial score (nSPS) is 20.7. The van der Waals surface area contributed by atoms with E-state index in [1.54, 1.807) is 0 Å². The van der Waals surface area contributed by atoms with Gasteiger partial charge in [0.2, 0.25) is 0 Å². The molecule has 0 radical (unpaired) electrons. The van der Waals surface area contributed by atoms with Crippen molar-refractivity contribution >= 4 is 0 Å². The second-order valence-corrected chi connectivity index (χ2v) is 7.32. The van der Waals surface area contributed by atoms with E-state index in [-0.39, 0.29) is 0 Å². The van der Waals surface area contributed by atoms with Gasteiger partial charge in [-0.25, -0.2) is 0 Å². The fraction of sp³-hybridized carbons (Fsp3) is 1.00. The number of hydrogen-bond acceptors (Lipinski definition) is 3. The monoisotopic (exact) mass is 298 g/mol. The smallest absolute Gasteiger partial charge is 0.0615 e. The van der Waals surface area contributed by atoms with E-state index in [0.29, 0.717) is 17.5 Å². The third kappa shape index (κ3) is 6.66. The topological polar surface area (TPSA) is 24.5 Å². The summed E-state index contributed by atoms with van der Waals surface area (Å²) in [5.74, 6) is 0. The van der Waals surface area contributed by atoms with Crippen LogP contribution in [0.4, 0.5) is 0 Å². The first-order valence-electron chi connectivity index (χ1n) is 8.99. The quantitative estimate of drug-likeness (QED) is 0.657. The van der Waals surface area contributed by atoms with E-state index < -0.39 is 0 Å². The van der Waals surface area contributed by atoms with Crippen LogP contribution < -0.4 is 5.32 Å². The molecule has 0 aromatic heterocycles. The Kier molecular flexibility index (Phi) is 8.84. The second kappa shape index (κ2) is 9.81. The lowest BCUT2D eigenvalue weighted by Crippen LogP contribution is -2.48. The Morgan fingerprint density at radius 3 is 2.19 bits per heavy atom. The van der Waals surface area contributed by atoms with Crippen molar-refractivity contribution in [1.29, 1.82) is 0 Å². The van der Waals surface area contributed by atoms with Crippen LogP contribution in [-0.4, -0.2) is 50.3 Å². The molecule has 126 valence electrons. The first kappa shape index (κ1) is 18.9. The maximum absolute atomic E-state index is 5.37. The van der Waals surface area contributed by atoms with Crippen LogP contribution in [0.2, 0.25) is 0 Å². The molecule has 0 bridgehead atoms. The zero-order valence-electron chi connectivity index (χ0n) is 15.1. The summed E-state index contributed by atoms with van der Waals surface area (Å²) in [7, 11) is 1.81. The van der Waals surface area contributed by atoms with Crippen LogP contribution in [0, 0.1) is 5.41 Å². The molecule has 0 aliphatic heterocycles. The number of likely N-dealkylation sites (N-methyl/N-ethyl adjacent to an activating group) is 1. The molecule has 1 aliphatic carbocycles. The minimum Gasteiger partial charge on any atom is -0.383 e. The summed E-state index contributed by atoms with van der Waals surface area (Å²) in [5.41, 5.74) is 0.457. The summed E-state index contributed by atoms with van der Waals surface area (Å²) in [4.78, 5) is 2.62. The zero-order valence-corrected chi connectivity index (χ0v) is 15.1. The highest BCUT2D eigenvalue weighted by molar-refractivity contribution is 4.88. The molecule has 0 heterocycles. The number of methoxy groups -OCH3 is 1. The van der Waals surface area contributed by atoms with Gasteiger partial charge in [-0.05, 0) is 31.7 Å². The molecule has 1 unspecified atom stereocenters. The molecule has 1 saturated carbocycles. The van der Waals surface area contributed by atoms with E-state index in [1.165, 1.54) is 51.6 Å². The van der Waals surface area contributed by atoms with Crippen LogP contribution in [0.5, 0.6) is 0 Å². The molecule has 1 rings (SSSR count). The van der Waals surface area contributed by atoms with Gasteiger partial charge >= 0.3 is 0 Å². The van der Waals surface area contributed by atoms with Crippen molar-refractivity contribution < 1.29 is 4.74 Å².